The molecule has 0 saturated heterocycles. The lowest BCUT2D eigenvalue weighted by atomic mass is 10.2. The van der Waals surface area contributed by atoms with Gasteiger partial charge >= 0.3 is 6.18 Å². The summed E-state index contributed by atoms with van der Waals surface area (Å²) in [5.74, 6) is 0.0383. The summed E-state index contributed by atoms with van der Waals surface area (Å²) >= 11 is 0. The van der Waals surface area contributed by atoms with Crippen molar-refractivity contribution in [3.63, 3.8) is 0 Å². The zero-order valence-corrected chi connectivity index (χ0v) is 9.76. The number of ether oxygens (including phenoxy) is 1. The molecule has 1 heterocycles. The SMILES string of the molecule is CCCCCCOc1cccc(C(F)(F)F)n1. The fourth-order valence-electron chi connectivity index (χ4n) is 1.36. The van der Waals surface area contributed by atoms with E-state index in [1.54, 1.807) is 0 Å². The Labute approximate surface area is 98.8 Å². The van der Waals surface area contributed by atoms with Gasteiger partial charge in [-0.25, -0.2) is 4.98 Å². The van der Waals surface area contributed by atoms with Gasteiger partial charge in [-0.1, -0.05) is 32.3 Å². The van der Waals surface area contributed by atoms with Crippen LogP contribution in [0, 0.1) is 0 Å². The minimum atomic E-state index is -4.42. The van der Waals surface area contributed by atoms with Gasteiger partial charge in [0.05, 0.1) is 6.61 Å². The molecular formula is C12H16F3NO. The third kappa shape index (κ3) is 5.06. The van der Waals surface area contributed by atoms with Gasteiger partial charge in [-0.15, -0.1) is 0 Å². The Kier molecular flexibility index (Phi) is 5.25. The number of nitrogens with zero attached hydrogens (tertiary/aromatic N) is 1. The molecule has 0 radical (unpaired) electrons. The summed E-state index contributed by atoms with van der Waals surface area (Å²) in [5.41, 5.74) is -0.913. The molecule has 1 aromatic rings. The Morgan fingerprint density at radius 1 is 1.18 bits per heavy atom. The minimum Gasteiger partial charge on any atom is -0.478 e. The maximum absolute atomic E-state index is 12.3. The number of rotatable bonds is 6. The van der Waals surface area contributed by atoms with Crippen LogP contribution in [-0.4, -0.2) is 11.6 Å². The first-order chi connectivity index (χ1) is 8.04. The first-order valence-corrected chi connectivity index (χ1v) is 5.71. The van der Waals surface area contributed by atoms with E-state index in [1.807, 2.05) is 0 Å². The fraction of sp³-hybridized carbons (Fsp3) is 0.583. The van der Waals surface area contributed by atoms with Crippen molar-refractivity contribution in [3.05, 3.63) is 23.9 Å². The predicted octanol–water partition coefficient (Wildman–Crippen LogP) is 4.06. The summed E-state index contributed by atoms with van der Waals surface area (Å²) in [7, 11) is 0. The third-order valence-corrected chi connectivity index (χ3v) is 2.26. The molecule has 0 aromatic carbocycles. The predicted molar refractivity (Wildman–Crippen MR) is 58.9 cm³/mol. The van der Waals surface area contributed by atoms with Gasteiger partial charge in [-0.2, -0.15) is 13.2 Å². The second-order valence-corrected chi connectivity index (χ2v) is 3.77. The summed E-state index contributed by atoms with van der Waals surface area (Å²) in [4.78, 5) is 3.41. The Morgan fingerprint density at radius 2 is 1.94 bits per heavy atom. The molecule has 0 amide bonds. The summed E-state index contributed by atoms with van der Waals surface area (Å²) in [6.07, 6.45) is -0.329. The zero-order chi connectivity index (χ0) is 12.7. The van der Waals surface area contributed by atoms with Crippen LogP contribution in [0.5, 0.6) is 5.88 Å². The van der Waals surface area contributed by atoms with Crippen LogP contribution in [0.4, 0.5) is 13.2 Å². The Hall–Kier alpha value is -1.26. The maximum atomic E-state index is 12.3. The molecule has 0 aliphatic heterocycles. The topological polar surface area (TPSA) is 22.1 Å². The molecule has 0 saturated carbocycles. The Bertz CT molecular complexity index is 339. The van der Waals surface area contributed by atoms with E-state index in [4.69, 9.17) is 4.74 Å². The van der Waals surface area contributed by atoms with Crippen molar-refractivity contribution < 1.29 is 17.9 Å². The summed E-state index contributed by atoms with van der Waals surface area (Å²) < 4.78 is 42.2. The smallest absolute Gasteiger partial charge is 0.433 e. The maximum Gasteiger partial charge on any atom is 0.433 e. The molecule has 96 valence electrons. The van der Waals surface area contributed by atoms with Gasteiger partial charge in [0, 0.05) is 6.07 Å². The zero-order valence-electron chi connectivity index (χ0n) is 9.76. The van der Waals surface area contributed by atoms with Gasteiger partial charge in [-0.05, 0) is 12.5 Å². The van der Waals surface area contributed by atoms with Gasteiger partial charge in [0.15, 0.2) is 0 Å². The normalized spacial score (nSPS) is 11.5. The van der Waals surface area contributed by atoms with Crippen molar-refractivity contribution in [2.75, 3.05) is 6.61 Å². The molecule has 1 rings (SSSR count). The van der Waals surface area contributed by atoms with E-state index in [2.05, 4.69) is 11.9 Å². The summed E-state index contributed by atoms with van der Waals surface area (Å²) in [6, 6.07) is 3.68. The largest absolute Gasteiger partial charge is 0.478 e. The van der Waals surface area contributed by atoms with Crippen molar-refractivity contribution in [2.45, 2.75) is 38.8 Å². The van der Waals surface area contributed by atoms with E-state index in [0.717, 1.165) is 31.7 Å². The standard InChI is InChI=1S/C12H16F3NO/c1-2-3-4-5-9-17-11-8-6-7-10(16-11)12(13,14)15/h6-8H,2-5,9H2,1H3. The van der Waals surface area contributed by atoms with Gasteiger partial charge in [0.1, 0.15) is 5.69 Å². The number of hydrogen-bond acceptors (Lipinski definition) is 2. The van der Waals surface area contributed by atoms with Gasteiger partial charge in [0.2, 0.25) is 5.88 Å². The van der Waals surface area contributed by atoms with Gasteiger partial charge < -0.3 is 4.74 Å². The Morgan fingerprint density at radius 3 is 2.59 bits per heavy atom. The van der Waals surface area contributed by atoms with E-state index in [0.29, 0.717) is 6.61 Å². The van der Waals surface area contributed by atoms with Crippen LogP contribution in [0.15, 0.2) is 18.2 Å². The van der Waals surface area contributed by atoms with Crippen molar-refractivity contribution in [3.8, 4) is 5.88 Å². The second kappa shape index (κ2) is 6.47. The van der Waals surface area contributed by atoms with Crippen LogP contribution in [-0.2, 0) is 6.18 Å². The molecule has 5 heteroatoms. The molecule has 2 nitrogen and oxygen atoms in total. The van der Waals surface area contributed by atoms with Crippen molar-refractivity contribution in [1.29, 1.82) is 0 Å². The van der Waals surface area contributed by atoms with Crippen molar-refractivity contribution in [2.24, 2.45) is 0 Å². The van der Waals surface area contributed by atoms with Crippen LogP contribution in [0.25, 0.3) is 0 Å². The quantitative estimate of drug-likeness (QED) is 0.707. The lowest BCUT2D eigenvalue weighted by molar-refractivity contribution is -0.141. The van der Waals surface area contributed by atoms with E-state index < -0.39 is 11.9 Å². The first kappa shape index (κ1) is 13.8. The molecule has 0 aliphatic rings. The van der Waals surface area contributed by atoms with Crippen molar-refractivity contribution in [1.82, 2.24) is 4.98 Å². The molecule has 17 heavy (non-hydrogen) atoms. The molecule has 0 fully saturated rings. The fourth-order valence-corrected chi connectivity index (χ4v) is 1.36. The first-order valence-electron chi connectivity index (χ1n) is 5.71. The molecule has 0 atom stereocenters. The number of pyridine rings is 1. The minimum absolute atomic E-state index is 0.0383. The summed E-state index contributed by atoms with van der Waals surface area (Å²) in [6.45, 7) is 2.50. The average Bonchev–Trinajstić information content (AvgIpc) is 2.28. The van der Waals surface area contributed by atoms with Crippen molar-refractivity contribution >= 4 is 0 Å². The van der Waals surface area contributed by atoms with Crippen LogP contribution in [0.2, 0.25) is 0 Å². The van der Waals surface area contributed by atoms with Gasteiger partial charge in [-0.3, -0.25) is 0 Å². The van der Waals surface area contributed by atoms with Crippen LogP contribution in [0.1, 0.15) is 38.3 Å². The van der Waals surface area contributed by atoms with E-state index in [-0.39, 0.29) is 5.88 Å². The molecule has 0 bridgehead atoms. The molecule has 0 unspecified atom stereocenters. The molecule has 0 N–H and O–H groups in total. The molecular weight excluding hydrogens is 231 g/mol. The molecule has 0 aliphatic carbocycles. The Balaban J connectivity index is 2.44. The van der Waals surface area contributed by atoms with Gasteiger partial charge in [0.25, 0.3) is 0 Å². The highest BCUT2D eigenvalue weighted by molar-refractivity contribution is 5.17. The van der Waals surface area contributed by atoms with Crippen LogP contribution >= 0.6 is 0 Å². The third-order valence-electron chi connectivity index (χ3n) is 2.26. The number of aromatic nitrogens is 1. The monoisotopic (exact) mass is 247 g/mol. The number of alkyl halides is 3. The van der Waals surface area contributed by atoms with Crippen LogP contribution in [0.3, 0.4) is 0 Å². The number of unbranched alkanes of at least 4 members (excludes halogenated alkanes) is 3. The second-order valence-electron chi connectivity index (χ2n) is 3.77. The lowest BCUT2D eigenvalue weighted by Gasteiger charge is -2.08. The van der Waals surface area contributed by atoms with E-state index in [1.165, 1.54) is 12.1 Å². The highest BCUT2D eigenvalue weighted by atomic mass is 19.4. The highest BCUT2D eigenvalue weighted by Gasteiger charge is 2.32. The summed E-state index contributed by atoms with van der Waals surface area (Å²) in [5, 5.41) is 0. The average molecular weight is 247 g/mol. The van der Waals surface area contributed by atoms with E-state index in [9.17, 15) is 13.2 Å². The number of halogens is 3. The molecule has 1 aromatic heterocycles. The lowest BCUT2D eigenvalue weighted by Crippen LogP contribution is -2.09. The molecule has 0 spiro atoms. The highest BCUT2D eigenvalue weighted by Crippen LogP contribution is 2.28. The van der Waals surface area contributed by atoms with E-state index >= 15 is 0 Å². The van der Waals surface area contributed by atoms with Crippen LogP contribution < -0.4 is 4.74 Å². The number of hydrogen-bond donors (Lipinski definition) is 0.